The fraction of sp³-hybridized carbons (Fsp3) is 0.389. The Morgan fingerprint density at radius 3 is 0.976 bits per heavy atom. The first-order valence-electron chi connectivity index (χ1n) is 15.2. The SMILES string of the molecule is CCCC(CC)CS(=O)(=O)c1ccc(/C=C/c2ccc(/C=C/c3ccc(S(=O)(=O)CC(CC)CCC)cc3)cc2)cc1. The molecule has 0 aliphatic heterocycles. The molecule has 0 saturated carbocycles. The molecule has 4 nitrogen and oxygen atoms in total. The first-order valence-corrected chi connectivity index (χ1v) is 18.5. The second-order valence-electron chi connectivity index (χ2n) is 11.2. The molecule has 2 unspecified atom stereocenters. The van der Waals surface area contributed by atoms with E-state index in [2.05, 4.69) is 27.7 Å². The Morgan fingerprint density at radius 1 is 0.476 bits per heavy atom. The Balaban J connectivity index is 1.59. The lowest BCUT2D eigenvalue weighted by Gasteiger charge is -2.14. The van der Waals surface area contributed by atoms with Crippen molar-refractivity contribution in [3.05, 3.63) is 95.1 Å². The molecule has 0 amide bonds. The van der Waals surface area contributed by atoms with Crippen LogP contribution in [0.2, 0.25) is 0 Å². The normalized spacial score (nSPS) is 14.0. The van der Waals surface area contributed by atoms with Gasteiger partial charge in [0, 0.05) is 0 Å². The van der Waals surface area contributed by atoms with E-state index in [4.69, 9.17) is 0 Å². The first kappa shape index (κ1) is 33.5. The van der Waals surface area contributed by atoms with Crippen molar-refractivity contribution < 1.29 is 16.8 Å². The topological polar surface area (TPSA) is 68.3 Å². The molecule has 0 spiro atoms. The van der Waals surface area contributed by atoms with Crippen LogP contribution in [-0.4, -0.2) is 28.3 Å². The van der Waals surface area contributed by atoms with E-state index in [1.165, 1.54) is 0 Å². The van der Waals surface area contributed by atoms with E-state index in [9.17, 15) is 16.8 Å². The molecule has 0 aliphatic carbocycles. The summed E-state index contributed by atoms with van der Waals surface area (Å²) >= 11 is 0. The van der Waals surface area contributed by atoms with Crippen LogP contribution in [-0.2, 0) is 19.7 Å². The summed E-state index contributed by atoms with van der Waals surface area (Å²) in [5, 5.41) is 0. The minimum Gasteiger partial charge on any atom is -0.224 e. The Labute approximate surface area is 254 Å². The third kappa shape index (κ3) is 10.1. The maximum absolute atomic E-state index is 12.8. The average molecular weight is 607 g/mol. The number of rotatable bonds is 16. The van der Waals surface area contributed by atoms with Crippen molar-refractivity contribution in [1.82, 2.24) is 0 Å². The van der Waals surface area contributed by atoms with E-state index in [1.807, 2.05) is 72.8 Å². The smallest absolute Gasteiger partial charge is 0.178 e. The van der Waals surface area contributed by atoms with E-state index in [0.717, 1.165) is 60.8 Å². The van der Waals surface area contributed by atoms with E-state index in [-0.39, 0.29) is 23.3 Å². The Hall–Kier alpha value is -2.96. The molecule has 0 radical (unpaired) electrons. The van der Waals surface area contributed by atoms with Gasteiger partial charge in [-0.2, -0.15) is 0 Å². The van der Waals surface area contributed by atoms with Crippen molar-refractivity contribution in [2.45, 2.75) is 76.0 Å². The zero-order valence-corrected chi connectivity index (χ0v) is 27.1. The van der Waals surface area contributed by atoms with Gasteiger partial charge in [-0.25, -0.2) is 16.8 Å². The molecular formula is C36H46O4S2. The van der Waals surface area contributed by atoms with Crippen LogP contribution in [0.4, 0.5) is 0 Å². The molecule has 3 aromatic carbocycles. The van der Waals surface area contributed by atoms with Gasteiger partial charge in [0.15, 0.2) is 19.7 Å². The standard InChI is InChI=1S/C36H46O4S2/c1-5-9-29(7-3)27-41(37,38)35-23-19-33(20-24-35)17-15-31-11-13-32(14-12-31)16-18-34-21-25-36(26-22-34)42(39,40)28-30(8-4)10-6-2/h11-26,29-30H,5-10,27-28H2,1-4H3/b17-15+,18-16+. The molecule has 0 saturated heterocycles. The van der Waals surface area contributed by atoms with Crippen LogP contribution in [0.3, 0.4) is 0 Å². The molecule has 2 atom stereocenters. The predicted octanol–water partition coefficient (Wildman–Crippen LogP) is 9.23. The summed E-state index contributed by atoms with van der Waals surface area (Å²) in [5.41, 5.74) is 3.97. The van der Waals surface area contributed by atoms with Gasteiger partial charge in [-0.15, -0.1) is 0 Å². The van der Waals surface area contributed by atoms with Crippen LogP contribution in [0.5, 0.6) is 0 Å². The summed E-state index contributed by atoms with van der Waals surface area (Å²) in [6.45, 7) is 8.29. The quantitative estimate of drug-likeness (QED) is 0.152. The van der Waals surface area contributed by atoms with Gasteiger partial charge in [-0.3, -0.25) is 0 Å². The summed E-state index contributed by atoms with van der Waals surface area (Å²) in [7, 11) is -6.56. The molecule has 0 N–H and O–H groups in total. The van der Waals surface area contributed by atoms with Crippen molar-refractivity contribution in [3.8, 4) is 0 Å². The van der Waals surface area contributed by atoms with Gasteiger partial charge in [-0.1, -0.05) is 126 Å². The highest BCUT2D eigenvalue weighted by molar-refractivity contribution is 7.91. The summed E-state index contributed by atoms with van der Waals surface area (Å²) < 4.78 is 51.3. The average Bonchev–Trinajstić information content (AvgIpc) is 2.99. The van der Waals surface area contributed by atoms with Gasteiger partial charge in [0.2, 0.25) is 0 Å². The lowest BCUT2D eigenvalue weighted by Crippen LogP contribution is -2.16. The Bertz CT molecular complexity index is 1400. The zero-order valence-electron chi connectivity index (χ0n) is 25.5. The molecule has 0 aliphatic rings. The Kier molecular flexibility index (Phi) is 12.8. The molecule has 0 fully saturated rings. The van der Waals surface area contributed by atoms with Crippen molar-refractivity contribution in [2.75, 3.05) is 11.5 Å². The van der Waals surface area contributed by atoms with Crippen LogP contribution in [0.1, 0.15) is 88.5 Å². The first-order chi connectivity index (χ1) is 20.1. The molecule has 0 heterocycles. The van der Waals surface area contributed by atoms with E-state index in [1.54, 1.807) is 24.3 Å². The van der Waals surface area contributed by atoms with Crippen molar-refractivity contribution in [3.63, 3.8) is 0 Å². The predicted molar refractivity (Wildman–Crippen MR) is 179 cm³/mol. The van der Waals surface area contributed by atoms with Gasteiger partial charge in [-0.05, 0) is 71.2 Å². The summed E-state index contributed by atoms with van der Waals surface area (Å²) in [4.78, 5) is 0.775. The van der Waals surface area contributed by atoms with Crippen LogP contribution in [0.15, 0.2) is 82.6 Å². The minimum atomic E-state index is -3.28. The highest BCUT2D eigenvalue weighted by Gasteiger charge is 2.20. The summed E-state index contributed by atoms with van der Waals surface area (Å²) in [5.74, 6) is 0.823. The van der Waals surface area contributed by atoms with Crippen LogP contribution >= 0.6 is 0 Å². The monoisotopic (exact) mass is 606 g/mol. The Morgan fingerprint density at radius 2 is 0.738 bits per heavy atom. The van der Waals surface area contributed by atoms with E-state index in [0.29, 0.717) is 9.79 Å². The third-order valence-electron chi connectivity index (χ3n) is 7.81. The number of hydrogen-bond donors (Lipinski definition) is 0. The number of hydrogen-bond acceptors (Lipinski definition) is 4. The van der Waals surface area contributed by atoms with Crippen molar-refractivity contribution in [1.29, 1.82) is 0 Å². The highest BCUT2D eigenvalue weighted by Crippen LogP contribution is 2.22. The molecule has 42 heavy (non-hydrogen) atoms. The maximum atomic E-state index is 12.8. The lowest BCUT2D eigenvalue weighted by atomic mass is 10.0. The second kappa shape index (κ2) is 16.0. The van der Waals surface area contributed by atoms with Gasteiger partial charge in [0.25, 0.3) is 0 Å². The molecule has 3 aromatic rings. The van der Waals surface area contributed by atoms with Gasteiger partial charge in [0.05, 0.1) is 21.3 Å². The number of sulfone groups is 2. The molecule has 3 rings (SSSR count). The summed E-state index contributed by atoms with van der Waals surface area (Å²) in [6, 6.07) is 22.4. The molecular weight excluding hydrogens is 561 g/mol. The summed E-state index contributed by atoms with van der Waals surface area (Å²) in [6.07, 6.45) is 13.6. The van der Waals surface area contributed by atoms with Gasteiger partial charge >= 0.3 is 0 Å². The van der Waals surface area contributed by atoms with E-state index >= 15 is 0 Å². The largest absolute Gasteiger partial charge is 0.224 e. The zero-order chi connectivity index (χ0) is 30.6. The maximum Gasteiger partial charge on any atom is 0.178 e. The lowest BCUT2D eigenvalue weighted by molar-refractivity contribution is 0.497. The molecule has 0 bridgehead atoms. The van der Waals surface area contributed by atoms with E-state index < -0.39 is 19.7 Å². The van der Waals surface area contributed by atoms with Gasteiger partial charge in [0.1, 0.15) is 0 Å². The van der Waals surface area contributed by atoms with Crippen LogP contribution in [0, 0.1) is 11.8 Å². The molecule has 226 valence electrons. The molecule has 6 heteroatoms. The van der Waals surface area contributed by atoms with Crippen molar-refractivity contribution >= 4 is 44.0 Å². The highest BCUT2D eigenvalue weighted by atomic mass is 32.2. The van der Waals surface area contributed by atoms with Crippen molar-refractivity contribution in [2.24, 2.45) is 11.8 Å². The number of benzene rings is 3. The fourth-order valence-electron chi connectivity index (χ4n) is 5.12. The third-order valence-corrected chi connectivity index (χ3v) is 11.6. The second-order valence-corrected chi connectivity index (χ2v) is 15.2. The van der Waals surface area contributed by atoms with Crippen LogP contribution in [0.25, 0.3) is 24.3 Å². The molecule has 0 aromatic heterocycles. The van der Waals surface area contributed by atoms with Gasteiger partial charge < -0.3 is 0 Å². The van der Waals surface area contributed by atoms with Crippen LogP contribution < -0.4 is 0 Å². The minimum absolute atomic E-state index is 0.204. The fourth-order valence-corrected chi connectivity index (χ4v) is 8.65.